The normalized spacial score (nSPS) is 17.3. The number of cyclic esters (lactones) is 1. The number of aromatic nitrogens is 5. The van der Waals surface area contributed by atoms with E-state index in [9.17, 15) is 4.79 Å². The fourth-order valence-electron chi connectivity index (χ4n) is 3.56. The number of carbonyl (C=O) groups is 1. The number of nitrogens with zero attached hydrogens (tertiary/aromatic N) is 6. The Morgan fingerprint density at radius 3 is 2.67 bits per heavy atom. The van der Waals surface area contributed by atoms with Gasteiger partial charge in [0, 0.05) is 6.20 Å². The lowest BCUT2D eigenvalue weighted by atomic mass is 10.0. The number of hydrogen-bond acceptors (Lipinski definition) is 7. The Bertz CT molecular complexity index is 1030. The highest BCUT2D eigenvalue weighted by molar-refractivity contribution is 5.89. The lowest BCUT2D eigenvalue weighted by Gasteiger charge is -2.23. The number of anilines is 2. The molecule has 1 aliphatic heterocycles. The van der Waals surface area contributed by atoms with Gasteiger partial charge in [0.1, 0.15) is 18.1 Å². The van der Waals surface area contributed by atoms with Crippen LogP contribution in [0.1, 0.15) is 38.2 Å². The third-order valence-electron chi connectivity index (χ3n) is 5.25. The number of ether oxygens (including phenoxy) is 1. The highest BCUT2D eigenvalue weighted by Gasteiger charge is 2.37. The summed E-state index contributed by atoms with van der Waals surface area (Å²) < 4.78 is 7.03. The molecule has 0 saturated carbocycles. The Hall–Kier alpha value is -3.49. The molecule has 0 bridgehead atoms. The minimum Gasteiger partial charge on any atom is -0.447 e. The first-order chi connectivity index (χ1) is 14.5. The van der Waals surface area contributed by atoms with Crippen molar-refractivity contribution in [2.24, 2.45) is 5.92 Å². The maximum atomic E-state index is 12.2. The molecule has 2 atom stereocenters. The molecule has 2 aromatic heterocycles. The molecule has 0 unspecified atom stereocenters. The van der Waals surface area contributed by atoms with Crippen molar-refractivity contribution in [1.29, 1.82) is 0 Å². The second-order valence-corrected chi connectivity index (χ2v) is 7.67. The molecule has 1 N–H and O–H groups in total. The van der Waals surface area contributed by atoms with Crippen molar-refractivity contribution < 1.29 is 9.53 Å². The van der Waals surface area contributed by atoms with Crippen molar-refractivity contribution in [1.82, 2.24) is 25.0 Å². The zero-order valence-electron chi connectivity index (χ0n) is 17.5. The van der Waals surface area contributed by atoms with Crippen LogP contribution in [0.5, 0.6) is 0 Å². The van der Waals surface area contributed by atoms with Gasteiger partial charge in [-0.25, -0.2) is 14.5 Å². The minimum atomic E-state index is -0.381. The first kappa shape index (κ1) is 19.8. The van der Waals surface area contributed by atoms with E-state index in [1.165, 1.54) is 0 Å². The second-order valence-electron chi connectivity index (χ2n) is 7.67. The van der Waals surface area contributed by atoms with Crippen molar-refractivity contribution >= 4 is 17.9 Å². The first-order valence-electron chi connectivity index (χ1n) is 9.99. The van der Waals surface area contributed by atoms with Gasteiger partial charge in [0.25, 0.3) is 0 Å². The van der Waals surface area contributed by atoms with Gasteiger partial charge in [-0.1, -0.05) is 37.3 Å². The number of amides is 1. The van der Waals surface area contributed by atoms with E-state index in [-0.39, 0.29) is 24.1 Å². The molecule has 1 aromatic carbocycles. The van der Waals surface area contributed by atoms with E-state index in [4.69, 9.17) is 4.74 Å². The number of rotatable bonds is 6. The molecule has 3 aromatic rings. The van der Waals surface area contributed by atoms with E-state index < -0.39 is 0 Å². The molecule has 1 amide bonds. The number of nitrogens with one attached hydrogen (secondary N) is 1. The molecule has 0 radical (unpaired) electrons. The summed E-state index contributed by atoms with van der Waals surface area (Å²) in [4.78, 5) is 22.7. The molecule has 30 heavy (non-hydrogen) atoms. The summed E-state index contributed by atoms with van der Waals surface area (Å²) >= 11 is 0. The van der Waals surface area contributed by atoms with Crippen LogP contribution < -0.4 is 10.2 Å². The van der Waals surface area contributed by atoms with Crippen molar-refractivity contribution in [2.45, 2.75) is 39.8 Å². The van der Waals surface area contributed by atoms with Gasteiger partial charge in [-0.3, -0.25) is 4.90 Å². The minimum absolute atomic E-state index is 0.0503. The van der Waals surface area contributed by atoms with Gasteiger partial charge in [0.2, 0.25) is 5.95 Å². The summed E-state index contributed by atoms with van der Waals surface area (Å²) in [6, 6.07) is 11.3. The van der Waals surface area contributed by atoms with E-state index in [1.807, 2.05) is 44.2 Å². The molecular weight excluding hydrogens is 382 g/mol. The van der Waals surface area contributed by atoms with E-state index in [2.05, 4.69) is 39.4 Å². The number of hydrogen-bond donors (Lipinski definition) is 1. The third kappa shape index (κ3) is 3.70. The van der Waals surface area contributed by atoms with Crippen molar-refractivity contribution in [2.75, 3.05) is 16.8 Å². The first-order valence-corrected chi connectivity index (χ1v) is 9.99. The van der Waals surface area contributed by atoms with E-state index in [0.29, 0.717) is 18.4 Å². The van der Waals surface area contributed by atoms with E-state index in [0.717, 1.165) is 17.1 Å². The average molecular weight is 407 g/mol. The monoisotopic (exact) mass is 407 g/mol. The van der Waals surface area contributed by atoms with Gasteiger partial charge in [-0.05, 0) is 38.0 Å². The van der Waals surface area contributed by atoms with Crippen molar-refractivity contribution in [3.05, 3.63) is 54.0 Å². The topological polar surface area (TPSA) is 98.1 Å². The predicted octanol–water partition coefficient (Wildman–Crippen LogP) is 3.52. The van der Waals surface area contributed by atoms with Crippen LogP contribution in [0, 0.1) is 12.8 Å². The van der Waals surface area contributed by atoms with Crippen molar-refractivity contribution in [3.63, 3.8) is 0 Å². The zero-order chi connectivity index (χ0) is 21.3. The molecule has 1 saturated heterocycles. The molecule has 9 heteroatoms. The Morgan fingerprint density at radius 1 is 1.17 bits per heavy atom. The number of benzene rings is 1. The Balaban J connectivity index is 1.55. The summed E-state index contributed by atoms with van der Waals surface area (Å²) in [6.45, 7) is 8.43. The second kappa shape index (κ2) is 8.10. The lowest BCUT2D eigenvalue weighted by Crippen LogP contribution is -2.37. The molecule has 1 aliphatic rings. The molecule has 3 heterocycles. The van der Waals surface area contributed by atoms with Crippen LogP contribution in [0.4, 0.5) is 16.6 Å². The van der Waals surface area contributed by atoms with Gasteiger partial charge < -0.3 is 10.1 Å². The smallest absolute Gasteiger partial charge is 0.415 e. The average Bonchev–Trinajstić information content (AvgIpc) is 3.31. The summed E-state index contributed by atoms with van der Waals surface area (Å²) in [6.07, 6.45) is 1.25. The largest absolute Gasteiger partial charge is 0.447 e. The Labute approximate surface area is 175 Å². The molecule has 4 rings (SSSR count). The quantitative estimate of drug-likeness (QED) is 0.667. The standard InChI is InChI=1S/C21H25N7O2/c1-13(2)17-12-30-21(29)27(17)18-10-11-22-20(24-18)23-14(3)19-15(4)28(26-25-19)16-8-6-5-7-9-16/h5-11,13-14,17H,12H2,1-4H3,(H,22,23,24)/t14-,17-/m1/s1. The maximum Gasteiger partial charge on any atom is 0.415 e. The zero-order valence-corrected chi connectivity index (χ0v) is 17.5. The van der Waals surface area contributed by atoms with Crippen LogP contribution >= 0.6 is 0 Å². The fraction of sp³-hybridized carbons (Fsp3) is 0.381. The van der Waals surface area contributed by atoms with Crippen LogP contribution in [0.25, 0.3) is 5.69 Å². The maximum absolute atomic E-state index is 12.2. The summed E-state index contributed by atoms with van der Waals surface area (Å²) in [7, 11) is 0. The van der Waals surface area contributed by atoms with Crippen LogP contribution in [0.3, 0.4) is 0 Å². The van der Waals surface area contributed by atoms with Crippen molar-refractivity contribution in [3.8, 4) is 5.69 Å². The fourth-order valence-corrected chi connectivity index (χ4v) is 3.56. The lowest BCUT2D eigenvalue weighted by molar-refractivity contribution is 0.177. The SMILES string of the molecule is Cc1c([C@@H](C)Nc2nccc(N3C(=O)OC[C@@H]3C(C)C)n2)nnn1-c1ccccc1. The predicted molar refractivity (Wildman–Crippen MR) is 113 cm³/mol. The van der Waals surface area contributed by atoms with E-state index >= 15 is 0 Å². The Kier molecular flexibility index (Phi) is 5.35. The van der Waals surface area contributed by atoms with Crippen LogP contribution in [0.15, 0.2) is 42.6 Å². The van der Waals surface area contributed by atoms with Crippen LogP contribution in [-0.4, -0.2) is 43.7 Å². The van der Waals surface area contributed by atoms with Gasteiger partial charge in [-0.2, -0.15) is 4.98 Å². The van der Waals surface area contributed by atoms with E-state index in [1.54, 1.807) is 21.8 Å². The van der Waals surface area contributed by atoms with Gasteiger partial charge in [-0.15, -0.1) is 5.10 Å². The van der Waals surface area contributed by atoms with Gasteiger partial charge in [0.05, 0.1) is 23.5 Å². The summed E-state index contributed by atoms with van der Waals surface area (Å²) in [5.74, 6) is 1.18. The van der Waals surface area contributed by atoms with Gasteiger partial charge >= 0.3 is 6.09 Å². The highest BCUT2D eigenvalue weighted by atomic mass is 16.6. The summed E-state index contributed by atoms with van der Waals surface area (Å²) in [5.41, 5.74) is 2.68. The van der Waals surface area contributed by atoms with Crippen LogP contribution in [-0.2, 0) is 4.74 Å². The highest BCUT2D eigenvalue weighted by Crippen LogP contribution is 2.27. The number of carbonyl (C=O) groups excluding carboxylic acids is 1. The molecule has 0 spiro atoms. The molecule has 9 nitrogen and oxygen atoms in total. The number of para-hydroxylation sites is 1. The molecule has 156 valence electrons. The molecular formula is C21H25N7O2. The third-order valence-corrected chi connectivity index (χ3v) is 5.25. The molecule has 0 aliphatic carbocycles. The summed E-state index contributed by atoms with van der Waals surface area (Å²) in [5, 5.41) is 11.9. The van der Waals surface area contributed by atoms with Crippen LogP contribution in [0.2, 0.25) is 0 Å². The van der Waals surface area contributed by atoms with Gasteiger partial charge in [0.15, 0.2) is 0 Å². The Morgan fingerprint density at radius 2 is 1.93 bits per heavy atom. The molecule has 1 fully saturated rings.